The smallest absolute Gasteiger partial charge is 0.0236 e. The molecule has 6 atom stereocenters. The summed E-state index contributed by atoms with van der Waals surface area (Å²) in [5.41, 5.74) is 0. The van der Waals surface area contributed by atoms with Gasteiger partial charge in [0, 0.05) is 75.5 Å². The predicted octanol–water partition coefficient (Wildman–Crippen LogP) is 0.794. The van der Waals surface area contributed by atoms with Gasteiger partial charge in [-0.25, -0.2) is 0 Å². The van der Waals surface area contributed by atoms with Crippen LogP contribution in [0.1, 0.15) is 32.1 Å². The number of hydrogen-bond acceptors (Lipinski definition) is 6. The molecule has 0 aromatic heterocycles. The fraction of sp³-hybridized carbons (Fsp3) is 1.00. The molecule has 6 heteroatoms. The van der Waals surface area contributed by atoms with Crippen LogP contribution in [0.5, 0.6) is 0 Å². The minimum absolute atomic E-state index is 0.856. The van der Waals surface area contributed by atoms with Gasteiger partial charge in [0.2, 0.25) is 0 Å². The second kappa shape index (κ2) is 9.09. The van der Waals surface area contributed by atoms with E-state index in [1.54, 1.807) is 0 Å². The van der Waals surface area contributed by atoms with E-state index in [4.69, 9.17) is 0 Å². The highest BCUT2D eigenvalue weighted by Crippen LogP contribution is 2.28. The highest BCUT2D eigenvalue weighted by Gasteiger charge is 2.39. The maximum Gasteiger partial charge on any atom is 0.0236 e. The largest absolute Gasteiger partial charge is 0.303 e. The second-order valence-corrected chi connectivity index (χ2v) is 11.0. The summed E-state index contributed by atoms with van der Waals surface area (Å²) >= 11 is 0. The molecule has 0 aromatic carbocycles. The summed E-state index contributed by atoms with van der Waals surface area (Å²) in [6, 6.07) is 5.19. The van der Waals surface area contributed by atoms with Gasteiger partial charge in [-0.1, -0.05) is 0 Å². The van der Waals surface area contributed by atoms with Crippen LogP contribution < -0.4 is 0 Å². The molecule has 0 amide bonds. The topological polar surface area (TPSA) is 19.4 Å². The van der Waals surface area contributed by atoms with E-state index >= 15 is 0 Å². The fourth-order valence-corrected chi connectivity index (χ4v) is 6.64. The van der Waals surface area contributed by atoms with E-state index in [1.807, 2.05) is 0 Å². The van der Waals surface area contributed by atoms with Gasteiger partial charge in [-0.3, -0.25) is 4.90 Å². The van der Waals surface area contributed by atoms with Gasteiger partial charge >= 0.3 is 0 Å². The summed E-state index contributed by atoms with van der Waals surface area (Å²) in [6.07, 6.45) is 7.10. The molecule has 29 heavy (non-hydrogen) atoms. The normalized spacial score (nSPS) is 43.2. The second-order valence-electron chi connectivity index (χ2n) is 11.0. The van der Waals surface area contributed by atoms with Crippen LogP contribution >= 0.6 is 0 Å². The van der Waals surface area contributed by atoms with E-state index in [9.17, 15) is 0 Å². The summed E-state index contributed by atoms with van der Waals surface area (Å²) in [4.78, 5) is 15.0. The van der Waals surface area contributed by atoms with Gasteiger partial charge < -0.3 is 24.5 Å². The van der Waals surface area contributed by atoms with Crippen LogP contribution in [0.2, 0.25) is 0 Å². The van der Waals surface area contributed by atoms with Gasteiger partial charge in [0.1, 0.15) is 0 Å². The Labute approximate surface area is 179 Å². The van der Waals surface area contributed by atoms with Crippen LogP contribution in [-0.4, -0.2) is 147 Å². The molecule has 0 N–H and O–H groups in total. The standard InChI is InChI=1S/2C8H16N2.C7H14N2/c1-9-5-8-4-3-7(9)6-10(8)2;1-9-5-7-3-4-8(6-9)10(7)2;1-8-4-7-3-6(8)5-9(7)2/h2*7-8H,3-6H2,1-2H3;6-7H,3-5H2,1-2H3. The van der Waals surface area contributed by atoms with Crippen LogP contribution in [0.3, 0.4) is 0 Å². The summed E-state index contributed by atoms with van der Waals surface area (Å²) < 4.78 is 0. The van der Waals surface area contributed by atoms with Crippen molar-refractivity contribution in [3.63, 3.8) is 0 Å². The zero-order valence-electron chi connectivity index (χ0n) is 19.9. The van der Waals surface area contributed by atoms with E-state index < -0.39 is 0 Å². The molecule has 6 unspecified atom stereocenters. The Kier molecular flexibility index (Phi) is 6.89. The lowest BCUT2D eigenvalue weighted by Crippen LogP contribution is -2.59. The molecular weight excluding hydrogens is 360 g/mol. The van der Waals surface area contributed by atoms with Crippen molar-refractivity contribution in [1.82, 2.24) is 29.4 Å². The zero-order chi connectivity index (χ0) is 20.7. The van der Waals surface area contributed by atoms with Crippen molar-refractivity contribution in [2.45, 2.75) is 68.4 Å². The number of nitrogens with zero attached hydrogens (tertiary/aromatic N) is 6. The Morgan fingerprint density at radius 3 is 1.07 bits per heavy atom. The summed E-state index contributed by atoms with van der Waals surface area (Å²) in [5, 5.41) is 0. The lowest BCUT2D eigenvalue weighted by Gasteiger charge is -2.48. The molecule has 7 heterocycles. The third-order valence-corrected chi connectivity index (χ3v) is 8.90. The summed E-state index contributed by atoms with van der Waals surface area (Å²) in [6.45, 7) is 7.74. The molecule has 168 valence electrons. The quantitative estimate of drug-likeness (QED) is 0.588. The first-order valence-corrected chi connectivity index (χ1v) is 12.0. The average Bonchev–Trinajstić information content (AvgIpc) is 3.28. The van der Waals surface area contributed by atoms with Gasteiger partial charge in [-0.2, -0.15) is 0 Å². The van der Waals surface area contributed by atoms with Crippen LogP contribution in [0.15, 0.2) is 0 Å². The maximum absolute atomic E-state index is 2.56. The molecule has 7 aliphatic heterocycles. The number of hydrogen-bond donors (Lipinski definition) is 0. The molecule has 0 aromatic rings. The minimum Gasteiger partial charge on any atom is -0.303 e. The van der Waals surface area contributed by atoms with Crippen molar-refractivity contribution < 1.29 is 0 Å². The van der Waals surface area contributed by atoms with Crippen molar-refractivity contribution >= 4 is 0 Å². The molecule has 6 nitrogen and oxygen atoms in total. The Bertz CT molecular complexity index is 487. The summed E-state index contributed by atoms with van der Waals surface area (Å²) in [7, 11) is 13.5. The minimum atomic E-state index is 0.856. The maximum atomic E-state index is 2.56. The first kappa shape index (κ1) is 22.0. The number of likely N-dealkylation sites (tertiary alicyclic amines) is 3. The number of fused-ring (bicyclic) bond motifs is 7. The first-order chi connectivity index (χ1) is 13.8. The Morgan fingerprint density at radius 1 is 0.414 bits per heavy atom. The molecule has 7 rings (SSSR count). The van der Waals surface area contributed by atoms with E-state index in [0.29, 0.717) is 0 Å². The van der Waals surface area contributed by atoms with Crippen molar-refractivity contribution in [3.05, 3.63) is 0 Å². The number of piperazine rings is 3. The highest BCUT2D eigenvalue weighted by atomic mass is 15.3. The molecule has 0 aliphatic carbocycles. The predicted molar refractivity (Wildman–Crippen MR) is 122 cm³/mol. The van der Waals surface area contributed by atoms with Crippen molar-refractivity contribution in [3.8, 4) is 0 Å². The zero-order valence-corrected chi connectivity index (χ0v) is 19.9. The molecule has 0 radical (unpaired) electrons. The van der Waals surface area contributed by atoms with E-state index in [-0.39, 0.29) is 0 Å². The van der Waals surface area contributed by atoms with Crippen molar-refractivity contribution in [2.75, 3.05) is 81.6 Å². The molecule has 7 saturated heterocycles. The Hall–Kier alpha value is -0.240. The van der Waals surface area contributed by atoms with Gasteiger partial charge in [-0.15, -0.1) is 0 Å². The van der Waals surface area contributed by atoms with Gasteiger partial charge in [0.15, 0.2) is 0 Å². The van der Waals surface area contributed by atoms with Crippen LogP contribution in [0.4, 0.5) is 0 Å². The highest BCUT2D eigenvalue weighted by molar-refractivity contribution is 4.96. The SMILES string of the molecule is CN1CC2CC1CN2C.CN1CC2CCC(C1)N2C.CN1CC2CCC1CN2C. The van der Waals surface area contributed by atoms with E-state index in [0.717, 1.165) is 36.3 Å². The Balaban J connectivity index is 0.000000106. The van der Waals surface area contributed by atoms with Gasteiger partial charge in [-0.05, 0) is 74.4 Å². The lowest BCUT2D eigenvalue weighted by molar-refractivity contribution is 0.00971. The number of rotatable bonds is 0. The summed E-state index contributed by atoms with van der Waals surface area (Å²) in [5.74, 6) is 0. The molecule has 6 bridgehead atoms. The fourth-order valence-electron chi connectivity index (χ4n) is 6.64. The molecule has 7 fully saturated rings. The average molecular weight is 407 g/mol. The van der Waals surface area contributed by atoms with E-state index in [2.05, 4.69) is 71.7 Å². The Morgan fingerprint density at radius 2 is 0.759 bits per heavy atom. The third-order valence-electron chi connectivity index (χ3n) is 8.90. The van der Waals surface area contributed by atoms with Crippen LogP contribution in [0, 0.1) is 0 Å². The first-order valence-electron chi connectivity index (χ1n) is 12.0. The van der Waals surface area contributed by atoms with Crippen molar-refractivity contribution in [1.29, 1.82) is 0 Å². The van der Waals surface area contributed by atoms with Gasteiger partial charge in [0.25, 0.3) is 0 Å². The molecule has 0 spiro atoms. The van der Waals surface area contributed by atoms with Gasteiger partial charge in [0.05, 0.1) is 0 Å². The lowest BCUT2D eigenvalue weighted by atomic mass is 9.92. The molecule has 0 saturated carbocycles. The molecule has 7 aliphatic rings. The van der Waals surface area contributed by atoms with Crippen LogP contribution in [-0.2, 0) is 0 Å². The third kappa shape index (κ3) is 4.83. The monoisotopic (exact) mass is 406 g/mol. The molecular formula is C23H46N6. The van der Waals surface area contributed by atoms with Crippen molar-refractivity contribution in [2.24, 2.45) is 0 Å². The number of likely N-dealkylation sites (N-methyl/N-ethyl adjacent to an activating group) is 6. The van der Waals surface area contributed by atoms with Crippen LogP contribution in [0.25, 0.3) is 0 Å². The van der Waals surface area contributed by atoms with E-state index in [1.165, 1.54) is 71.4 Å². The number of piperidine rings is 2.